The van der Waals surface area contributed by atoms with Crippen molar-refractivity contribution in [3.63, 3.8) is 0 Å². The molecule has 36 heavy (non-hydrogen) atoms. The summed E-state index contributed by atoms with van der Waals surface area (Å²) < 4.78 is 19.2. The molecule has 1 saturated heterocycles. The van der Waals surface area contributed by atoms with Crippen molar-refractivity contribution >= 4 is 6.03 Å². The Labute approximate surface area is 213 Å². The van der Waals surface area contributed by atoms with E-state index in [0.29, 0.717) is 13.1 Å². The third-order valence-corrected chi connectivity index (χ3v) is 6.62. The molecule has 3 aromatic carbocycles. The molecule has 2 amide bonds. The molecule has 0 saturated carbocycles. The number of likely N-dealkylation sites (tertiary alicyclic amines) is 1. The van der Waals surface area contributed by atoms with E-state index in [0.717, 1.165) is 36.3 Å². The summed E-state index contributed by atoms with van der Waals surface area (Å²) in [6, 6.07) is 24.9. The average molecular weight is 490 g/mol. The lowest BCUT2D eigenvalue weighted by atomic mass is 9.92. The minimum absolute atomic E-state index is 0.0800. The summed E-state index contributed by atoms with van der Waals surface area (Å²) in [4.78, 5) is 17.7. The summed E-state index contributed by atoms with van der Waals surface area (Å²) in [7, 11) is 2.14. The zero-order chi connectivity index (χ0) is 25.5. The minimum Gasteiger partial charge on any atom is -0.491 e. The van der Waals surface area contributed by atoms with Crippen LogP contribution in [0.2, 0.25) is 0 Å². The zero-order valence-electron chi connectivity index (χ0n) is 21.4. The first-order chi connectivity index (χ1) is 17.4. The van der Waals surface area contributed by atoms with Crippen molar-refractivity contribution in [3.05, 3.63) is 101 Å². The van der Waals surface area contributed by atoms with Gasteiger partial charge in [0.15, 0.2) is 0 Å². The van der Waals surface area contributed by atoms with E-state index >= 15 is 0 Å². The maximum absolute atomic E-state index is 13.5. The number of carbonyl (C=O) groups excluding carboxylic acids is 1. The van der Waals surface area contributed by atoms with Gasteiger partial charge in [-0.15, -0.1) is 0 Å². The van der Waals surface area contributed by atoms with Gasteiger partial charge in [-0.2, -0.15) is 0 Å². The summed E-state index contributed by atoms with van der Waals surface area (Å²) in [5.74, 6) is 0.523. The lowest BCUT2D eigenvalue weighted by Gasteiger charge is -2.38. The van der Waals surface area contributed by atoms with Crippen LogP contribution in [-0.2, 0) is 13.1 Å². The van der Waals surface area contributed by atoms with Crippen molar-refractivity contribution in [2.45, 2.75) is 58.0 Å². The van der Waals surface area contributed by atoms with Crippen LogP contribution < -0.4 is 10.1 Å². The van der Waals surface area contributed by atoms with Crippen molar-refractivity contribution < 1.29 is 13.9 Å². The molecular formula is C30H36FN3O2. The van der Waals surface area contributed by atoms with Gasteiger partial charge in [-0.05, 0) is 74.7 Å². The van der Waals surface area contributed by atoms with Crippen LogP contribution in [0, 0.1) is 5.82 Å². The lowest BCUT2D eigenvalue weighted by Crippen LogP contribution is -2.49. The molecule has 1 fully saturated rings. The first-order valence-corrected chi connectivity index (χ1v) is 12.7. The third kappa shape index (κ3) is 7.08. The maximum Gasteiger partial charge on any atom is 0.318 e. The standard InChI is InChI=1S/C30H36FN3O2/c1-22(2)36-28-15-11-24(12-16-28)21-34(20-23-9-13-26(31)14-10-23)30(35)32-27-17-18-33(3)29(19-27)25-7-5-4-6-8-25/h4-16,22,27,29H,17-21H2,1-3H3,(H,32,35)/t27-,29-/m0/s1. The van der Waals surface area contributed by atoms with Crippen molar-refractivity contribution in [1.29, 1.82) is 0 Å². The molecular weight excluding hydrogens is 453 g/mol. The van der Waals surface area contributed by atoms with Gasteiger partial charge < -0.3 is 15.0 Å². The Morgan fingerprint density at radius 1 is 1.00 bits per heavy atom. The van der Waals surface area contributed by atoms with E-state index in [-0.39, 0.29) is 30.0 Å². The lowest BCUT2D eigenvalue weighted by molar-refractivity contribution is 0.145. The van der Waals surface area contributed by atoms with Crippen LogP contribution in [-0.4, -0.2) is 41.6 Å². The van der Waals surface area contributed by atoms with Crippen molar-refractivity contribution in [2.24, 2.45) is 0 Å². The summed E-state index contributed by atoms with van der Waals surface area (Å²) in [6.07, 6.45) is 1.86. The molecule has 1 heterocycles. The Morgan fingerprint density at radius 3 is 2.22 bits per heavy atom. The fourth-order valence-electron chi connectivity index (χ4n) is 4.72. The van der Waals surface area contributed by atoms with Gasteiger partial charge in [-0.1, -0.05) is 54.6 Å². The zero-order valence-corrected chi connectivity index (χ0v) is 21.4. The summed E-state index contributed by atoms with van der Waals surface area (Å²) in [5.41, 5.74) is 3.16. The topological polar surface area (TPSA) is 44.8 Å². The van der Waals surface area contributed by atoms with Gasteiger partial charge in [-0.3, -0.25) is 4.90 Å². The number of nitrogens with one attached hydrogen (secondary N) is 1. The van der Waals surface area contributed by atoms with Gasteiger partial charge in [-0.25, -0.2) is 9.18 Å². The van der Waals surface area contributed by atoms with E-state index in [2.05, 4.69) is 41.5 Å². The molecule has 6 heteroatoms. The van der Waals surface area contributed by atoms with E-state index < -0.39 is 0 Å². The van der Waals surface area contributed by atoms with Crippen LogP contribution in [0.25, 0.3) is 0 Å². The predicted molar refractivity (Wildman–Crippen MR) is 141 cm³/mol. The molecule has 0 spiro atoms. The highest BCUT2D eigenvalue weighted by Gasteiger charge is 2.29. The minimum atomic E-state index is -0.284. The smallest absolute Gasteiger partial charge is 0.318 e. The summed E-state index contributed by atoms with van der Waals surface area (Å²) in [6.45, 7) is 5.74. The van der Waals surface area contributed by atoms with Crippen LogP contribution in [0.1, 0.15) is 49.4 Å². The predicted octanol–water partition coefficient (Wildman–Crippen LogP) is 6.16. The van der Waals surface area contributed by atoms with E-state index in [9.17, 15) is 9.18 Å². The van der Waals surface area contributed by atoms with Crippen LogP contribution in [0.3, 0.4) is 0 Å². The number of hydrogen-bond acceptors (Lipinski definition) is 3. The Morgan fingerprint density at radius 2 is 1.61 bits per heavy atom. The number of amides is 2. The molecule has 190 valence electrons. The van der Waals surface area contributed by atoms with Crippen LogP contribution in [0.5, 0.6) is 5.75 Å². The molecule has 1 N–H and O–H groups in total. The van der Waals surface area contributed by atoms with Gasteiger partial charge in [0.05, 0.1) is 6.10 Å². The van der Waals surface area contributed by atoms with Crippen molar-refractivity contribution in [1.82, 2.24) is 15.1 Å². The molecule has 0 aliphatic carbocycles. The highest BCUT2D eigenvalue weighted by molar-refractivity contribution is 5.74. The van der Waals surface area contributed by atoms with E-state index in [1.165, 1.54) is 17.7 Å². The molecule has 2 atom stereocenters. The molecule has 3 aromatic rings. The number of nitrogens with zero attached hydrogens (tertiary/aromatic N) is 2. The molecule has 5 nitrogen and oxygen atoms in total. The van der Waals surface area contributed by atoms with Crippen LogP contribution in [0.4, 0.5) is 9.18 Å². The normalized spacial score (nSPS) is 18.1. The van der Waals surface area contributed by atoms with E-state index in [1.54, 1.807) is 17.0 Å². The van der Waals surface area contributed by atoms with Gasteiger partial charge in [0, 0.05) is 31.7 Å². The van der Waals surface area contributed by atoms with Crippen molar-refractivity contribution in [3.8, 4) is 5.75 Å². The van der Waals surface area contributed by atoms with Crippen molar-refractivity contribution in [2.75, 3.05) is 13.6 Å². The first-order valence-electron chi connectivity index (χ1n) is 12.7. The average Bonchev–Trinajstić information content (AvgIpc) is 2.87. The molecule has 0 bridgehead atoms. The molecule has 1 aliphatic rings. The number of rotatable bonds is 8. The number of halogens is 1. The summed E-state index contributed by atoms with van der Waals surface area (Å²) in [5, 5.41) is 3.29. The highest BCUT2D eigenvalue weighted by Crippen LogP contribution is 2.30. The van der Waals surface area contributed by atoms with Gasteiger partial charge in [0.2, 0.25) is 0 Å². The SMILES string of the molecule is CC(C)Oc1ccc(CN(Cc2ccc(F)cc2)C(=O)N[C@H]2CCN(C)[C@H](c3ccccc3)C2)cc1. The molecule has 0 aromatic heterocycles. The summed E-state index contributed by atoms with van der Waals surface area (Å²) >= 11 is 0. The van der Waals surface area contributed by atoms with Gasteiger partial charge in [0.1, 0.15) is 11.6 Å². The largest absolute Gasteiger partial charge is 0.491 e. The molecule has 0 unspecified atom stereocenters. The van der Waals surface area contributed by atoms with E-state index in [4.69, 9.17) is 4.74 Å². The number of hydrogen-bond donors (Lipinski definition) is 1. The molecule has 1 aliphatic heterocycles. The number of benzene rings is 3. The Kier molecular flexibility index (Phi) is 8.60. The second-order valence-corrected chi connectivity index (χ2v) is 9.87. The van der Waals surface area contributed by atoms with Gasteiger partial charge >= 0.3 is 6.03 Å². The quantitative estimate of drug-likeness (QED) is 0.412. The fourth-order valence-corrected chi connectivity index (χ4v) is 4.72. The van der Waals surface area contributed by atoms with Crippen LogP contribution >= 0.6 is 0 Å². The molecule has 4 rings (SSSR count). The maximum atomic E-state index is 13.5. The van der Waals surface area contributed by atoms with Crippen LogP contribution in [0.15, 0.2) is 78.9 Å². The number of ether oxygens (including phenoxy) is 1. The van der Waals surface area contributed by atoms with Gasteiger partial charge in [0.25, 0.3) is 0 Å². The monoisotopic (exact) mass is 489 g/mol. The Hall–Kier alpha value is -3.38. The van der Waals surface area contributed by atoms with E-state index in [1.807, 2.05) is 44.2 Å². The Balaban J connectivity index is 1.47. The second kappa shape index (κ2) is 12.0. The number of piperidine rings is 1. The number of carbonyl (C=O) groups is 1. The molecule has 0 radical (unpaired) electrons. The first kappa shape index (κ1) is 25.7. The third-order valence-electron chi connectivity index (χ3n) is 6.62. The highest BCUT2D eigenvalue weighted by atomic mass is 19.1. The number of urea groups is 1. The Bertz CT molecular complexity index is 1100. The fraction of sp³-hybridized carbons (Fsp3) is 0.367. The second-order valence-electron chi connectivity index (χ2n) is 9.87.